The van der Waals surface area contributed by atoms with Gasteiger partial charge in [-0.2, -0.15) is 0 Å². The summed E-state index contributed by atoms with van der Waals surface area (Å²) >= 11 is 5.85. The average molecular weight is 256 g/mol. The van der Waals surface area contributed by atoms with Gasteiger partial charge in [0.05, 0.1) is 5.38 Å². The molecule has 17 heavy (non-hydrogen) atoms. The largest absolute Gasteiger partial charge is 0.507 e. The van der Waals surface area contributed by atoms with Gasteiger partial charge >= 0.3 is 5.97 Å². The Bertz CT molecular complexity index is 488. The second kappa shape index (κ2) is 4.25. The van der Waals surface area contributed by atoms with Gasteiger partial charge < -0.3 is 15.1 Å². The highest BCUT2D eigenvalue weighted by atomic mass is 35.5. The van der Waals surface area contributed by atoms with Crippen LogP contribution in [0.5, 0.6) is 5.75 Å². The summed E-state index contributed by atoms with van der Waals surface area (Å²) in [6.07, 6.45) is 0.253. The first-order chi connectivity index (χ1) is 7.99. The standard InChI is InChI=1S/C11H10ClNO4/c12-6-3-10(15)13(5-6)7-1-2-8(11(16)17)9(14)4-7/h1-2,4,6,14H,3,5H2,(H,16,17). The van der Waals surface area contributed by atoms with Gasteiger partial charge in [-0.15, -0.1) is 11.6 Å². The first-order valence-corrected chi connectivity index (χ1v) is 5.43. The van der Waals surface area contributed by atoms with E-state index in [0.29, 0.717) is 12.2 Å². The molecule has 0 saturated carbocycles. The molecule has 0 radical (unpaired) electrons. The Kier molecular flexibility index (Phi) is 2.93. The maximum Gasteiger partial charge on any atom is 0.339 e. The van der Waals surface area contributed by atoms with Crippen molar-refractivity contribution >= 4 is 29.2 Å². The van der Waals surface area contributed by atoms with Crippen LogP contribution >= 0.6 is 11.6 Å². The molecule has 2 rings (SSSR count). The SMILES string of the molecule is O=C(O)c1ccc(N2CC(Cl)CC2=O)cc1O. The van der Waals surface area contributed by atoms with Gasteiger partial charge in [0.15, 0.2) is 0 Å². The number of amides is 1. The van der Waals surface area contributed by atoms with E-state index in [0.717, 1.165) is 0 Å². The van der Waals surface area contributed by atoms with Crippen LogP contribution in [0, 0.1) is 0 Å². The number of nitrogens with zero attached hydrogens (tertiary/aromatic N) is 1. The van der Waals surface area contributed by atoms with Crippen LogP contribution in [0.25, 0.3) is 0 Å². The van der Waals surface area contributed by atoms with Gasteiger partial charge in [0.2, 0.25) is 5.91 Å². The molecule has 1 aliphatic heterocycles. The van der Waals surface area contributed by atoms with Gasteiger partial charge in [0.25, 0.3) is 0 Å². The lowest BCUT2D eigenvalue weighted by Crippen LogP contribution is -2.24. The van der Waals surface area contributed by atoms with Crippen LogP contribution in [0.3, 0.4) is 0 Å². The maximum absolute atomic E-state index is 11.6. The lowest BCUT2D eigenvalue weighted by atomic mass is 10.1. The monoisotopic (exact) mass is 255 g/mol. The topological polar surface area (TPSA) is 77.8 Å². The number of carboxylic acids is 1. The molecule has 90 valence electrons. The lowest BCUT2D eigenvalue weighted by molar-refractivity contribution is -0.117. The van der Waals surface area contributed by atoms with Crippen LogP contribution in [0.15, 0.2) is 18.2 Å². The van der Waals surface area contributed by atoms with Crippen molar-refractivity contribution in [2.45, 2.75) is 11.8 Å². The van der Waals surface area contributed by atoms with E-state index in [9.17, 15) is 14.7 Å². The van der Waals surface area contributed by atoms with Crippen LogP contribution in [-0.4, -0.2) is 34.0 Å². The van der Waals surface area contributed by atoms with Crippen LogP contribution in [0.2, 0.25) is 0 Å². The fourth-order valence-corrected chi connectivity index (χ4v) is 2.05. The number of halogens is 1. The van der Waals surface area contributed by atoms with Crippen LogP contribution in [0.1, 0.15) is 16.8 Å². The van der Waals surface area contributed by atoms with Gasteiger partial charge in [-0.1, -0.05) is 0 Å². The summed E-state index contributed by atoms with van der Waals surface area (Å²) in [5, 5.41) is 18.0. The lowest BCUT2D eigenvalue weighted by Gasteiger charge is -2.16. The third-order valence-electron chi connectivity index (χ3n) is 2.60. The average Bonchev–Trinajstić information content (AvgIpc) is 2.57. The smallest absolute Gasteiger partial charge is 0.339 e. The molecule has 1 atom stereocenters. The van der Waals surface area contributed by atoms with Gasteiger partial charge in [-0.3, -0.25) is 4.79 Å². The number of rotatable bonds is 2. The molecule has 1 aromatic rings. The number of phenols is 1. The summed E-state index contributed by atoms with van der Waals surface area (Å²) in [4.78, 5) is 23.7. The molecule has 1 saturated heterocycles. The Labute approximate surface area is 102 Å². The van der Waals surface area contributed by atoms with Crippen molar-refractivity contribution in [1.82, 2.24) is 0 Å². The molecular formula is C11H10ClNO4. The Hall–Kier alpha value is -1.75. The first-order valence-electron chi connectivity index (χ1n) is 5.00. The van der Waals surface area contributed by atoms with Crippen LogP contribution in [-0.2, 0) is 4.79 Å². The molecule has 1 aromatic carbocycles. The van der Waals surface area contributed by atoms with E-state index in [1.807, 2.05) is 0 Å². The number of carboxylic acid groups (broad SMARTS) is 1. The summed E-state index contributed by atoms with van der Waals surface area (Å²) in [5.74, 6) is -1.70. The Balaban J connectivity index is 2.32. The number of benzene rings is 1. The molecule has 2 N–H and O–H groups in total. The van der Waals surface area contributed by atoms with Crippen molar-refractivity contribution in [3.05, 3.63) is 23.8 Å². The minimum Gasteiger partial charge on any atom is -0.507 e. The minimum absolute atomic E-state index is 0.132. The van der Waals surface area contributed by atoms with Crippen molar-refractivity contribution in [1.29, 1.82) is 0 Å². The van der Waals surface area contributed by atoms with Gasteiger partial charge in [-0.25, -0.2) is 4.79 Å². The zero-order chi connectivity index (χ0) is 12.6. The van der Waals surface area contributed by atoms with E-state index in [2.05, 4.69) is 0 Å². The van der Waals surface area contributed by atoms with Crippen molar-refractivity contribution in [2.75, 3.05) is 11.4 Å². The number of hydrogen-bond donors (Lipinski definition) is 2. The molecule has 5 nitrogen and oxygen atoms in total. The third-order valence-corrected chi connectivity index (χ3v) is 2.89. The normalized spacial score (nSPS) is 19.7. The number of carbonyl (C=O) groups is 2. The molecule has 0 aliphatic carbocycles. The van der Waals surface area contributed by atoms with E-state index >= 15 is 0 Å². The molecule has 6 heteroatoms. The quantitative estimate of drug-likeness (QED) is 0.784. The number of aromatic carboxylic acids is 1. The number of alkyl halides is 1. The molecule has 0 aromatic heterocycles. The van der Waals surface area contributed by atoms with E-state index in [1.54, 1.807) is 0 Å². The van der Waals surface area contributed by atoms with E-state index in [-0.39, 0.29) is 29.0 Å². The predicted molar refractivity (Wildman–Crippen MR) is 61.7 cm³/mol. The second-order valence-electron chi connectivity index (χ2n) is 3.81. The first kappa shape index (κ1) is 11.7. The highest BCUT2D eigenvalue weighted by Crippen LogP contribution is 2.29. The van der Waals surface area contributed by atoms with Crippen LogP contribution in [0.4, 0.5) is 5.69 Å². The zero-order valence-corrected chi connectivity index (χ0v) is 9.52. The summed E-state index contributed by atoms with van der Waals surface area (Å²) in [7, 11) is 0. The number of anilines is 1. The Morgan fingerprint density at radius 1 is 1.47 bits per heavy atom. The van der Waals surface area contributed by atoms with E-state index < -0.39 is 5.97 Å². The summed E-state index contributed by atoms with van der Waals surface area (Å²) in [6, 6.07) is 4.01. The number of hydrogen-bond acceptors (Lipinski definition) is 3. The van der Waals surface area contributed by atoms with Crippen molar-refractivity contribution < 1.29 is 19.8 Å². The zero-order valence-electron chi connectivity index (χ0n) is 8.76. The molecule has 1 heterocycles. The van der Waals surface area contributed by atoms with Crippen LogP contribution < -0.4 is 4.90 Å². The molecule has 0 bridgehead atoms. The predicted octanol–water partition coefficient (Wildman–Crippen LogP) is 1.43. The second-order valence-corrected chi connectivity index (χ2v) is 4.43. The summed E-state index contributed by atoms with van der Waals surface area (Å²) in [5.41, 5.74) is 0.267. The number of carbonyl (C=O) groups excluding carboxylic acids is 1. The fourth-order valence-electron chi connectivity index (χ4n) is 1.78. The van der Waals surface area contributed by atoms with Crippen molar-refractivity contribution in [3.63, 3.8) is 0 Å². The number of aromatic hydroxyl groups is 1. The summed E-state index contributed by atoms with van der Waals surface area (Å²) in [6.45, 7) is 0.367. The highest BCUT2D eigenvalue weighted by molar-refractivity contribution is 6.24. The highest BCUT2D eigenvalue weighted by Gasteiger charge is 2.29. The Morgan fingerprint density at radius 2 is 2.18 bits per heavy atom. The summed E-state index contributed by atoms with van der Waals surface area (Å²) < 4.78 is 0. The molecule has 0 spiro atoms. The third kappa shape index (κ3) is 2.19. The molecule has 1 fully saturated rings. The van der Waals surface area contributed by atoms with Gasteiger partial charge in [0, 0.05) is 24.7 Å². The maximum atomic E-state index is 11.6. The molecule has 1 unspecified atom stereocenters. The Morgan fingerprint density at radius 3 is 2.65 bits per heavy atom. The molecule has 1 amide bonds. The fraction of sp³-hybridized carbons (Fsp3) is 0.273. The molecular weight excluding hydrogens is 246 g/mol. The van der Waals surface area contributed by atoms with Crippen molar-refractivity contribution in [2.24, 2.45) is 0 Å². The van der Waals surface area contributed by atoms with E-state index in [1.165, 1.54) is 23.1 Å². The molecule has 1 aliphatic rings. The van der Waals surface area contributed by atoms with Gasteiger partial charge in [0.1, 0.15) is 11.3 Å². The van der Waals surface area contributed by atoms with Gasteiger partial charge in [-0.05, 0) is 12.1 Å². The van der Waals surface area contributed by atoms with E-state index in [4.69, 9.17) is 16.7 Å². The van der Waals surface area contributed by atoms with Crippen molar-refractivity contribution in [3.8, 4) is 5.75 Å². The minimum atomic E-state index is -1.21.